The van der Waals surface area contributed by atoms with Crippen LogP contribution in [0.4, 0.5) is 0 Å². The Labute approximate surface area is 150 Å². The van der Waals surface area contributed by atoms with Crippen molar-refractivity contribution in [1.29, 1.82) is 0 Å². The summed E-state index contributed by atoms with van der Waals surface area (Å²) < 4.78 is 11.5. The maximum absolute atomic E-state index is 13.0. The van der Waals surface area contributed by atoms with Crippen LogP contribution in [0.3, 0.4) is 0 Å². The van der Waals surface area contributed by atoms with Crippen molar-refractivity contribution >= 4 is 5.97 Å². The van der Waals surface area contributed by atoms with Crippen LogP contribution < -0.4 is 0 Å². The largest absolute Gasteiger partial charge is 0.465 e. The van der Waals surface area contributed by atoms with Gasteiger partial charge in [-0.15, -0.1) is 0 Å². The lowest BCUT2D eigenvalue weighted by Gasteiger charge is -2.36. The molecule has 0 radical (unpaired) electrons. The fourth-order valence-corrected chi connectivity index (χ4v) is 2.99. The molecule has 3 nitrogen and oxygen atoms in total. The molecule has 0 aromatic rings. The van der Waals surface area contributed by atoms with Gasteiger partial charge in [-0.25, -0.2) is 0 Å². The first kappa shape index (κ1) is 23.4. The summed E-state index contributed by atoms with van der Waals surface area (Å²) >= 11 is 0. The Morgan fingerprint density at radius 2 is 1.71 bits per heavy atom. The van der Waals surface area contributed by atoms with Gasteiger partial charge in [0.25, 0.3) is 0 Å². The fraction of sp³-hybridized carbons (Fsp3) is 0.952. The molecule has 0 fully saturated rings. The molecule has 0 bridgehead atoms. The van der Waals surface area contributed by atoms with Crippen LogP contribution in [0.15, 0.2) is 0 Å². The minimum atomic E-state index is -0.511. The lowest BCUT2D eigenvalue weighted by atomic mass is 9.73. The lowest BCUT2D eigenvalue weighted by Crippen LogP contribution is -2.43. The van der Waals surface area contributed by atoms with E-state index in [-0.39, 0.29) is 11.9 Å². The molecule has 0 spiro atoms. The molecule has 2 atom stereocenters. The molecule has 0 N–H and O–H groups in total. The molecule has 2 unspecified atom stereocenters. The third-order valence-electron chi connectivity index (χ3n) is 5.24. The van der Waals surface area contributed by atoms with Crippen molar-refractivity contribution in [3.05, 3.63) is 0 Å². The van der Waals surface area contributed by atoms with Crippen LogP contribution >= 0.6 is 0 Å². The average Bonchev–Trinajstić information content (AvgIpc) is 2.54. The number of ether oxygens (including phenoxy) is 2. The summed E-state index contributed by atoms with van der Waals surface area (Å²) in [5, 5.41) is 0. The van der Waals surface area contributed by atoms with E-state index in [0.717, 1.165) is 25.7 Å². The first-order valence-electron chi connectivity index (χ1n) is 10.1. The van der Waals surface area contributed by atoms with Gasteiger partial charge in [-0.1, -0.05) is 60.8 Å². The summed E-state index contributed by atoms with van der Waals surface area (Å²) in [6.45, 7) is 16.7. The van der Waals surface area contributed by atoms with Crippen molar-refractivity contribution in [1.82, 2.24) is 0 Å². The van der Waals surface area contributed by atoms with E-state index < -0.39 is 5.41 Å². The third kappa shape index (κ3) is 8.00. The average molecular weight is 343 g/mol. The number of rotatable bonds is 14. The van der Waals surface area contributed by atoms with Crippen LogP contribution in [0.25, 0.3) is 0 Å². The van der Waals surface area contributed by atoms with Crippen molar-refractivity contribution in [3.63, 3.8) is 0 Å². The first-order valence-corrected chi connectivity index (χ1v) is 10.1. The molecule has 0 aliphatic rings. The highest BCUT2D eigenvalue weighted by Gasteiger charge is 2.43. The van der Waals surface area contributed by atoms with Crippen molar-refractivity contribution in [2.75, 3.05) is 19.8 Å². The van der Waals surface area contributed by atoms with Crippen molar-refractivity contribution in [3.8, 4) is 0 Å². The maximum atomic E-state index is 13.0. The molecule has 3 heteroatoms. The molecule has 0 heterocycles. The Morgan fingerprint density at radius 1 is 1.04 bits per heavy atom. The molecule has 0 rings (SSSR count). The molecule has 24 heavy (non-hydrogen) atoms. The lowest BCUT2D eigenvalue weighted by molar-refractivity contribution is -0.166. The van der Waals surface area contributed by atoms with Crippen LogP contribution in [0.5, 0.6) is 0 Å². The van der Waals surface area contributed by atoms with Crippen LogP contribution in [0.2, 0.25) is 0 Å². The minimum absolute atomic E-state index is 0.0541. The van der Waals surface area contributed by atoms with E-state index in [1.807, 2.05) is 6.92 Å². The number of carbonyl (C=O) groups is 1. The Kier molecular flexibility index (Phi) is 12.4. The summed E-state index contributed by atoms with van der Waals surface area (Å²) in [6.07, 6.45) is 6.48. The van der Waals surface area contributed by atoms with Crippen LogP contribution in [0.1, 0.15) is 87.0 Å². The Bertz CT molecular complexity index is 325. The van der Waals surface area contributed by atoms with E-state index in [9.17, 15) is 4.79 Å². The molecular weight excluding hydrogens is 300 g/mol. The van der Waals surface area contributed by atoms with Crippen LogP contribution in [0, 0.1) is 23.2 Å². The minimum Gasteiger partial charge on any atom is -0.465 e. The standard InChI is InChI=1S/C21H42O3/c1-8-11-12-19(9-2)15-24-20(22)21(18(6)7,16-23-10-3)14-13-17(4)5/h17-19H,8-16H2,1-7H3. The van der Waals surface area contributed by atoms with Gasteiger partial charge in [-0.2, -0.15) is 0 Å². The van der Waals surface area contributed by atoms with E-state index >= 15 is 0 Å². The smallest absolute Gasteiger partial charge is 0.314 e. The first-order chi connectivity index (χ1) is 11.3. The highest BCUT2D eigenvalue weighted by molar-refractivity contribution is 5.77. The second-order valence-corrected chi connectivity index (χ2v) is 7.90. The molecule has 0 saturated heterocycles. The summed E-state index contributed by atoms with van der Waals surface area (Å²) in [7, 11) is 0. The van der Waals surface area contributed by atoms with Gasteiger partial charge >= 0.3 is 5.97 Å². The molecule has 144 valence electrons. The zero-order valence-electron chi connectivity index (χ0n) is 17.3. The predicted molar refractivity (Wildman–Crippen MR) is 102 cm³/mol. The molecule has 0 aromatic carbocycles. The van der Waals surface area contributed by atoms with Crippen LogP contribution in [-0.4, -0.2) is 25.8 Å². The SMILES string of the molecule is CCCCC(CC)COC(=O)C(CCC(C)C)(COCC)C(C)C. The number of unbranched alkanes of at least 4 members (excludes halogenated alkanes) is 1. The number of esters is 1. The molecular formula is C21H42O3. The topological polar surface area (TPSA) is 35.5 Å². The molecule has 0 aliphatic heterocycles. The fourth-order valence-electron chi connectivity index (χ4n) is 2.99. The van der Waals surface area contributed by atoms with Gasteiger partial charge in [0.2, 0.25) is 0 Å². The van der Waals surface area contributed by atoms with Gasteiger partial charge in [0.15, 0.2) is 0 Å². The van der Waals surface area contributed by atoms with E-state index in [2.05, 4.69) is 41.5 Å². The van der Waals surface area contributed by atoms with Crippen molar-refractivity contribution in [2.24, 2.45) is 23.2 Å². The number of hydrogen-bond donors (Lipinski definition) is 0. The number of carbonyl (C=O) groups excluding carboxylic acids is 1. The quantitative estimate of drug-likeness (QED) is 0.371. The van der Waals surface area contributed by atoms with Gasteiger partial charge in [0.1, 0.15) is 0 Å². The van der Waals surface area contributed by atoms with Gasteiger partial charge in [0, 0.05) is 6.61 Å². The Morgan fingerprint density at radius 3 is 2.17 bits per heavy atom. The Balaban J connectivity index is 4.98. The summed E-state index contributed by atoms with van der Waals surface area (Å²) in [5.74, 6) is 1.22. The molecule has 0 saturated carbocycles. The second-order valence-electron chi connectivity index (χ2n) is 7.90. The monoisotopic (exact) mass is 342 g/mol. The van der Waals surface area contributed by atoms with Gasteiger partial charge < -0.3 is 9.47 Å². The van der Waals surface area contributed by atoms with E-state index in [0.29, 0.717) is 31.7 Å². The summed E-state index contributed by atoms with van der Waals surface area (Å²) in [5.41, 5.74) is -0.511. The second kappa shape index (κ2) is 12.7. The highest BCUT2D eigenvalue weighted by atomic mass is 16.5. The molecule has 0 amide bonds. The van der Waals surface area contributed by atoms with Crippen molar-refractivity contribution < 1.29 is 14.3 Å². The van der Waals surface area contributed by atoms with Crippen molar-refractivity contribution in [2.45, 2.75) is 87.0 Å². The number of hydrogen-bond acceptors (Lipinski definition) is 3. The van der Waals surface area contributed by atoms with Gasteiger partial charge in [0.05, 0.1) is 18.6 Å². The van der Waals surface area contributed by atoms with Crippen LogP contribution in [-0.2, 0) is 14.3 Å². The Hall–Kier alpha value is -0.570. The van der Waals surface area contributed by atoms with E-state index in [1.54, 1.807) is 0 Å². The van der Waals surface area contributed by atoms with Gasteiger partial charge in [-0.3, -0.25) is 4.79 Å². The summed E-state index contributed by atoms with van der Waals surface area (Å²) in [6, 6.07) is 0. The summed E-state index contributed by atoms with van der Waals surface area (Å²) in [4.78, 5) is 13.0. The maximum Gasteiger partial charge on any atom is 0.314 e. The molecule has 0 aromatic heterocycles. The normalized spacial score (nSPS) is 15.5. The van der Waals surface area contributed by atoms with E-state index in [4.69, 9.17) is 9.47 Å². The molecule has 0 aliphatic carbocycles. The van der Waals surface area contributed by atoms with E-state index in [1.165, 1.54) is 12.8 Å². The zero-order valence-corrected chi connectivity index (χ0v) is 17.3. The predicted octanol–water partition coefficient (Wildman–Crippen LogP) is 5.86. The highest BCUT2D eigenvalue weighted by Crippen LogP contribution is 2.36. The van der Waals surface area contributed by atoms with Gasteiger partial charge in [-0.05, 0) is 43.9 Å². The zero-order chi connectivity index (χ0) is 18.6. The third-order valence-corrected chi connectivity index (χ3v) is 5.24.